The molecule has 0 radical (unpaired) electrons. The fourth-order valence-corrected chi connectivity index (χ4v) is 1.65. The largest absolute Gasteiger partial charge is 0.238 e. The zero-order valence-electron chi connectivity index (χ0n) is 9.76. The lowest BCUT2D eigenvalue weighted by Gasteiger charge is -2.06. The van der Waals surface area contributed by atoms with Crippen molar-refractivity contribution in [2.45, 2.75) is 46.5 Å². The minimum Gasteiger partial charge on any atom is -0.238 e. The first-order valence-electron chi connectivity index (χ1n) is 5.64. The first kappa shape index (κ1) is 12.4. The van der Waals surface area contributed by atoms with Gasteiger partial charge in [-0.25, -0.2) is 9.97 Å². The minimum absolute atomic E-state index is 0.576. The first-order chi connectivity index (χ1) is 7.11. The zero-order valence-corrected chi connectivity index (χ0v) is 10.5. The molecular weight excluding hydrogens is 208 g/mol. The SMILES string of the molecule is CCCc1cc(Cl)nc(CCC(C)C)n1. The van der Waals surface area contributed by atoms with Crippen LogP contribution in [0.5, 0.6) is 0 Å². The lowest BCUT2D eigenvalue weighted by atomic mass is 10.1. The molecule has 2 nitrogen and oxygen atoms in total. The lowest BCUT2D eigenvalue weighted by Crippen LogP contribution is -2.02. The molecule has 1 aromatic rings. The number of aromatic nitrogens is 2. The molecule has 0 saturated carbocycles. The normalized spacial score (nSPS) is 11.0. The average molecular weight is 227 g/mol. The summed E-state index contributed by atoms with van der Waals surface area (Å²) in [5.74, 6) is 1.57. The Morgan fingerprint density at radius 3 is 2.60 bits per heavy atom. The van der Waals surface area contributed by atoms with E-state index < -0.39 is 0 Å². The van der Waals surface area contributed by atoms with Crippen LogP contribution in [-0.2, 0) is 12.8 Å². The molecule has 0 saturated heterocycles. The van der Waals surface area contributed by atoms with Crippen LogP contribution in [-0.4, -0.2) is 9.97 Å². The van der Waals surface area contributed by atoms with Crippen LogP contribution >= 0.6 is 11.6 Å². The van der Waals surface area contributed by atoms with Crippen molar-refractivity contribution in [2.24, 2.45) is 5.92 Å². The molecule has 0 bridgehead atoms. The fraction of sp³-hybridized carbons (Fsp3) is 0.667. The van der Waals surface area contributed by atoms with Crippen LogP contribution in [0.15, 0.2) is 6.07 Å². The number of hydrogen-bond acceptors (Lipinski definition) is 2. The van der Waals surface area contributed by atoms with Gasteiger partial charge in [-0.1, -0.05) is 38.8 Å². The van der Waals surface area contributed by atoms with Gasteiger partial charge in [0.15, 0.2) is 0 Å². The van der Waals surface area contributed by atoms with Crippen LogP contribution in [0, 0.1) is 5.92 Å². The summed E-state index contributed by atoms with van der Waals surface area (Å²) in [4.78, 5) is 8.74. The molecule has 0 aliphatic heterocycles. The van der Waals surface area contributed by atoms with Crippen molar-refractivity contribution in [3.63, 3.8) is 0 Å². The average Bonchev–Trinajstić information content (AvgIpc) is 2.14. The van der Waals surface area contributed by atoms with Crippen LogP contribution in [0.2, 0.25) is 5.15 Å². The molecule has 84 valence electrons. The molecule has 1 rings (SSSR count). The Bertz CT molecular complexity index is 310. The van der Waals surface area contributed by atoms with Gasteiger partial charge < -0.3 is 0 Å². The second kappa shape index (κ2) is 6.06. The van der Waals surface area contributed by atoms with Gasteiger partial charge in [-0.15, -0.1) is 0 Å². The number of halogens is 1. The molecular formula is C12H19ClN2. The maximum Gasteiger partial charge on any atom is 0.133 e. The minimum atomic E-state index is 0.576. The molecule has 0 amide bonds. The molecule has 0 aliphatic carbocycles. The van der Waals surface area contributed by atoms with E-state index in [1.54, 1.807) is 0 Å². The van der Waals surface area contributed by atoms with Crippen molar-refractivity contribution in [1.29, 1.82) is 0 Å². The van der Waals surface area contributed by atoms with Crippen molar-refractivity contribution >= 4 is 11.6 Å². The van der Waals surface area contributed by atoms with Gasteiger partial charge >= 0.3 is 0 Å². The monoisotopic (exact) mass is 226 g/mol. The summed E-state index contributed by atoms with van der Waals surface area (Å²) < 4.78 is 0. The highest BCUT2D eigenvalue weighted by atomic mass is 35.5. The summed E-state index contributed by atoms with van der Waals surface area (Å²) in [6, 6.07) is 1.87. The highest BCUT2D eigenvalue weighted by molar-refractivity contribution is 6.29. The van der Waals surface area contributed by atoms with Gasteiger partial charge in [0.2, 0.25) is 0 Å². The van der Waals surface area contributed by atoms with E-state index in [0.29, 0.717) is 11.1 Å². The maximum absolute atomic E-state index is 5.95. The van der Waals surface area contributed by atoms with E-state index in [4.69, 9.17) is 11.6 Å². The summed E-state index contributed by atoms with van der Waals surface area (Å²) >= 11 is 5.95. The number of aryl methyl sites for hydroxylation is 2. The quantitative estimate of drug-likeness (QED) is 0.716. The van der Waals surface area contributed by atoms with E-state index in [9.17, 15) is 0 Å². The third kappa shape index (κ3) is 4.61. The third-order valence-corrected chi connectivity index (χ3v) is 2.44. The van der Waals surface area contributed by atoms with Gasteiger partial charge in [0.05, 0.1) is 0 Å². The highest BCUT2D eigenvalue weighted by Gasteiger charge is 2.04. The van der Waals surface area contributed by atoms with Gasteiger partial charge in [0.1, 0.15) is 11.0 Å². The number of nitrogens with zero attached hydrogens (tertiary/aromatic N) is 2. The van der Waals surface area contributed by atoms with E-state index in [1.807, 2.05) is 6.07 Å². The second-order valence-corrected chi connectivity index (χ2v) is 4.67. The van der Waals surface area contributed by atoms with Crippen LogP contribution in [0.4, 0.5) is 0 Å². The van der Waals surface area contributed by atoms with Crippen LogP contribution in [0.1, 0.15) is 45.1 Å². The molecule has 0 aliphatic rings. The van der Waals surface area contributed by atoms with Crippen molar-refractivity contribution in [3.8, 4) is 0 Å². The number of hydrogen-bond donors (Lipinski definition) is 0. The van der Waals surface area contributed by atoms with Crippen LogP contribution in [0.25, 0.3) is 0 Å². The topological polar surface area (TPSA) is 25.8 Å². The maximum atomic E-state index is 5.95. The molecule has 1 heterocycles. The van der Waals surface area contributed by atoms with Gasteiger partial charge in [0.25, 0.3) is 0 Å². The summed E-state index contributed by atoms with van der Waals surface area (Å²) in [7, 11) is 0. The smallest absolute Gasteiger partial charge is 0.133 e. The lowest BCUT2D eigenvalue weighted by molar-refractivity contribution is 0.573. The van der Waals surface area contributed by atoms with E-state index in [0.717, 1.165) is 37.2 Å². The molecule has 3 heteroatoms. The summed E-state index contributed by atoms with van der Waals surface area (Å²) in [5.41, 5.74) is 1.07. The standard InChI is InChI=1S/C12H19ClN2/c1-4-5-10-8-11(13)15-12(14-10)7-6-9(2)3/h8-9H,4-7H2,1-3H3. The fourth-order valence-electron chi connectivity index (χ4n) is 1.43. The second-order valence-electron chi connectivity index (χ2n) is 4.28. The Kier molecular flexibility index (Phi) is 5.03. The predicted molar refractivity (Wildman–Crippen MR) is 64.2 cm³/mol. The molecule has 15 heavy (non-hydrogen) atoms. The first-order valence-corrected chi connectivity index (χ1v) is 6.02. The van der Waals surface area contributed by atoms with E-state index in [2.05, 4.69) is 30.7 Å². The van der Waals surface area contributed by atoms with E-state index in [-0.39, 0.29) is 0 Å². The predicted octanol–water partition coefficient (Wildman–Crippen LogP) is 3.67. The van der Waals surface area contributed by atoms with Crippen LogP contribution < -0.4 is 0 Å². The van der Waals surface area contributed by atoms with Gasteiger partial charge in [-0.2, -0.15) is 0 Å². The van der Waals surface area contributed by atoms with Gasteiger partial charge in [-0.05, 0) is 24.8 Å². The molecule has 0 atom stereocenters. The Morgan fingerprint density at radius 1 is 1.27 bits per heavy atom. The molecule has 0 spiro atoms. The van der Waals surface area contributed by atoms with E-state index in [1.165, 1.54) is 0 Å². The highest BCUT2D eigenvalue weighted by Crippen LogP contribution is 2.12. The van der Waals surface area contributed by atoms with Crippen LogP contribution in [0.3, 0.4) is 0 Å². The molecule has 0 fully saturated rings. The number of rotatable bonds is 5. The Balaban J connectivity index is 2.70. The zero-order chi connectivity index (χ0) is 11.3. The molecule has 1 aromatic heterocycles. The molecule has 0 unspecified atom stereocenters. The van der Waals surface area contributed by atoms with Crippen molar-refractivity contribution in [2.75, 3.05) is 0 Å². The third-order valence-electron chi connectivity index (χ3n) is 2.25. The Morgan fingerprint density at radius 2 is 2.00 bits per heavy atom. The van der Waals surface area contributed by atoms with E-state index >= 15 is 0 Å². The summed E-state index contributed by atoms with van der Waals surface area (Å²) in [6.07, 6.45) is 4.12. The molecule has 0 aromatic carbocycles. The van der Waals surface area contributed by atoms with Crippen molar-refractivity contribution in [3.05, 3.63) is 22.7 Å². The van der Waals surface area contributed by atoms with Gasteiger partial charge in [0, 0.05) is 12.1 Å². The Labute approximate surface area is 97.1 Å². The summed E-state index contributed by atoms with van der Waals surface area (Å²) in [6.45, 7) is 6.55. The summed E-state index contributed by atoms with van der Waals surface area (Å²) in [5, 5.41) is 0.576. The van der Waals surface area contributed by atoms with Gasteiger partial charge in [-0.3, -0.25) is 0 Å². The Hall–Kier alpha value is -0.630. The van der Waals surface area contributed by atoms with Crippen molar-refractivity contribution < 1.29 is 0 Å². The van der Waals surface area contributed by atoms with Crippen molar-refractivity contribution in [1.82, 2.24) is 9.97 Å². The molecule has 0 N–H and O–H groups in total.